The van der Waals surface area contributed by atoms with Crippen LogP contribution >= 0.6 is 0 Å². The Kier molecular flexibility index (Phi) is 4.76. The van der Waals surface area contributed by atoms with Gasteiger partial charge >= 0.3 is 0 Å². The molecule has 0 radical (unpaired) electrons. The molecule has 0 spiro atoms. The second-order valence-electron chi connectivity index (χ2n) is 4.16. The Hall–Kier alpha value is -0.890. The van der Waals surface area contributed by atoms with Gasteiger partial charge in [-0.15, -0.1) is 0 Å². The van der Waals surface area contributed by atoms with E-state index >= 15 is 0 Å². The first-order chi connectivity index (χ1) is 7.13. The van der Waals surface area contributed by atoms with Gasteiger partial charge < -0.3 is 5.73 Å². The van der Waals surface area contributed by atoms with E-state index < -0.39 is 0 Å². The van der Waals surface area contributed by atoms with Crippen LogP contribution in [0.2, 0.25) is 0 Å². The summed E-state index contributed by atoms with van der Waals surface area (Å²) in [5.74, 6) is -0.0833. The molecule has 1 aromatic carbocycles. The van der Waals surface area contributed by atoms with Crippen LogP contribution < -0.4 is 5.73 Å². The Morgan fingerprint density at radius 2 is 2.13 bits per heavy atom. The lowest BCUT2D eigenvalue weighted by molar-refractivity contribution is 0.553. The minimum atomic E-state index is -0.0833. The van der Waals surface area contributed by atoms with E-state index in [4.69, 9.17) is 5.73 Å². The molecule has 0 fully saturated rings. The molecule has 0 aliphatic carbocycles. The summed E-state index contributed by atoms with van der Waals surface area (Å²) in [6, 6.07) is 5.69. The standard InChI is InChI=1S/C13H20FN/c1-3-12(15)6-4-5-11-8-7-10(2)9-13(11)14/h7-9,12H,3-6,15H2,1-2H3. The van der Waals surface area contributed by atoms with E-state index in [1.807, 2.05) is 19.1 Å². The molecule has 0 aliphatic rings. The number of halogens is 1. The van der Waals surface area contributed by atoms with Crippen LogP contribution in [0.1, 0.15) is 37.3 Å². The normalized spacial score (nSPS) is 12.8. The first-order valence-electron chi connectivity index (χ1n) is 5.64. The lowest BCUT2D eigenvalue weighted by Gasteiger charge is -2.08. The summed E-state index contributed by atoms with van der Waals surface area (Å²) >= 11 is 0. The smallest absolute Gasteiger partial charge is 0.126 e. The van der Waals surface area contributed by atoms with Crippen molar-refractivity contribution in [2.45, 2.75) is 45.6 Å². The summed E-state index contributed by atoms with van der Waals surface area (Å²) in [5.41, 5.74) is 7.59. The summed E-state index contributed by atoms with van der Waals surface area (Å²) in [6.07, 6.45) is 3.73. The van der Waals surface area contributed by atoms with Gasteiger partial charge in [-0.2, -0.15) is 0 Å². The topological polar surface area (TPSA) is 26.0 Å². The molecule has 0 saturated heterocycles. The summed E-state index contributed by atoms with van der Waals surface area (Å²) in [7, 11) is 0. The van der Waals surface area contributed by atoms with E-state index in [-0.39, 0.29) is 11.9 Å². The highest BCUT2D eigenvalue weighted by molar-refractivity contribution is 5.23. The van der Waals surface area contributed by atoms with Gasteiger partial charge in [0.25, 0.3) is 0 Å². The maximum atomic E-state index is 13.4. The van der Waals surface area contributed by atoms with Crippen molar-refractivity contribution in [2.24, 2.45) is 5.73 Å². The summed E-state index contributed by atoms with van der Waals surface area (Å²) in [4.78, 5) is 0. The van der Waals surface area contributed by atoms with E-state index in [1.54, 1.807) is 6.07 Å². The Bertz CT molecular complexity index is 309. The molecule has 0 saturated carbocycles. The molecule has 1 nitrogen and oxygen atoms in total. The zero-order valence-electron chi connectivity index (χ0n) is 9.59. The first kappa shape index (κ1) is 12.2. The van der Waals surface area contributed by atoms with E-state index in [1.165, 1.54) is 0 Å². The fourth-order valence-electron chi connectivity index (χ4n) is 1.61. The molecular weight excluding hydrogens is 189 g/mol. The zero-order valence-corrected chi connectivity index (χ0v) is 9.59. The summed E-state index contributed by atoms with van der Waals surface area (Å²) in [6.45, 7) is 3.98. The highest BCUT2D eigenvalue weighted by Crippen LogP contribution is 2.13. The van der Waals surface area contributed by atoms with Gasteiger partial charge in [0.2, 0.25) is 0 Å². The number of hydrogen-bond donors (Lipinski definition) is 1. The van der Waals surface area contributed by atoms with Crippen LogP contribution in [-0.4, -0.2) is 6.04 Å². The van der Waals surface area contributed by atoms with Gasteiger partial charge in [-0.3, -0.25) is 0 Å². The third-order valence-corrected chi connectivity index (χ3v) is 2.75. The van der Waals surface area contributed by atoms with Crippen LogP contribution in [0.4, 0.5) is 4.39 Å². The van der Waals surface area contributed by atoms with Crippen LogP contribution in [0.5, 0.6) is 0 Å². The van der Waals surface area contributed by atoms with Crippen molar-refractivity contribution in [1.29, 1.82) is 0 Å². The molecule has 15 heavy (non-hydrogen) atoms. The lowest BCUT2D eigenvalue weighted by Crippen LogP contribution is -2.18. The van der Waals surface area contributed by atoms with Crippen LogP contribution in [0.3, 0.4) is 0 Å². The predicted octanol–water partition coefficient (Wildman–Crippen LogP) is 3.19. The number of benzene rings is 1. The van der Waals surface area contributed by atoms with Gasteiger partial charge in [0.15, 0.2) is 0 Å². The highest BCUT2D eigenvalue weighted by Gasteiger charge is 2.03. The molecule has 2 N–H and O–H groups in total. The predicted molar refractivity (Wildman–Crippen MR) is 62.3 cm³/mol. The molecular formula is C13H20FN. The van der Waals surface area contributed by atoms with Gasteiger partial charge in [-0.05, 0) is 49.8 Å². The van der Waals surface area contributed by atoms with Gasteiger partial charge in [0, 0.05) is 6.04 Å². The molecule has 1 aromatic rings. The molecule has 1 rings (SSSR count). The van der Waals surface area contributed by atoms with Crippen LogP contribution in [0, 0.1) is 12.7 Å². The second kappa shape index (κ2) is 5.86. The Labute approximate surface area is 91.5 Å². The van der Waals surface area contributed by atoms with Gasteiger partial charge in [0.1, 0.15) is 5.82 Å². The number of aryl methyl sites for hydroxylation is 2. The maximum absolute atomic E-state index is 13.4. The number of rotatable bonds is 5. The molecule has 1 unspecified atom stereocenters. The minimum absolute atomic E-state index is 0.0833. The Morgan fingerprint density at radius 1 is 1.40 bits per heavy atom. The molecule has 2 heteroatoms. The average Bonchev–Trinajstić information content (AvgIpc) is 2.21. The van der Waals surface area contributed by atoms with Crippen LogP contribution in [-0.2, 0) is 6.42 Å². The number of hydrogen-bond acceptors (Lipinski definition) is 1. The summed E-state index contributed by atoms with van der Waals surface area (Å²) in [5, 5.41) is 0. The van der Waals surface area contributed by atoms with Crippen molar-refractivity contribution < 1.29 is 4.39 Å². The van der Waals surface area contributed by atoms with Crippen molar-refractivity contribution >= 4 is 0 Å². The third-order valence-electron chi connectivity index (χ3n) is 2.75. The van der Waals surface area contributed by atoms with E-state index in [9.17, 15) is 4.39 Å². The molecule has 0 aromatic heterocycles. The fraction of sp³-hybridized carbons (Fsp3) is 0.538. The van der Waals surface area contributed by atoms with Gasteiger partial charge in [-0.1, -0.05) is 19.1 Å². The van der Waals surface area contributed by atoms with Crippen molar-refractivity contribution in [2.75, 3.05) is 0 Å². The SMILES string of the molecule is CCC(N)CCCc1ccc(C)cc1F. The summed E-state index contributed by atoms with van der Waals surface area (Å²) < 4.78 is 13.4. The van der Waals surface area contributed by atoms with E-state index in [0.29, 0.717) is 0 Å². The Morgan fingerprint density at radius 3 is 2.73 bits per heavy atom. The molecule has 0 bridgehead atoms. The molecule has 1 atom stereocenters. The molecule has 84 valence electrons. The zero-order chi connectivity index (χ0) is 11.3. The van der Waals surface area contributed by atoms with Gasteiger partial charge in [0.05, 0.1) is 0 Å². The Balaban J connectivity index is 2.44. The van der Waals surface area contributed by atoms with Crippen molar-refractivity contribution in [3.05, 3.63) is 35.1 Å². The average molecular weight is 209 g/mol. The van der Waals surface area contributed by atoms with Crippen LogP contribution in [0.25, 0.3) is 0 Å². The molecule has 0 amide bonds. The first-order valence-corrected chi connectivity index (χ1v) is 5.64. The van der Waals surface area contributed by atoms with E-state index in [0.717, 1.165) is 36.8 Å². The van der Waals surface area contributed by atoms with E-state index in [2.05, 4.69) is 6.92 Å². The number of nitrogens with two attached hydrogens (primary N) is 1. The van der Waals surface area contributed by atoms with Crippen molar-refractivity contribution in [1.82, 2.24) is 0 Å². The molecule has 0 aliphatic heterocycles. The van der Waals surface area contributed by atoms with Crippen molar-refractivity contribution in [3.63, 3.8) is 0 Å². The maximum Gasteiger partial charge on any atom is 0.126 e. The fourth-order valence-corrected chi connectivity index (χ4v) is 1.61. The van der Waals surface area contributed by atoms with Crippen molar-refractivity contribution in [3.8, 4) is 0 Å². The second-order valence-corrected chi connectivity index (χ2v) is 4.16. The third kappa shape index (κ3) is 4.00. The monoisotopic (exact) mass is 209 g/mol. The quantitative estimate of drug-likeness (QED) is 0.791. The largest absolute Gasteiger partial charge is 0.328 e. The minimum Gasteiger partial charge on any atom is -0.328 e. The molecule has 0 heterocycles. The van der Waals surface area contributed by atoms with Crippen LogP contribution in [0.15, 0.2) is 18.2 Å². The van der Waals surface area contributed by atoms with Gasteiger partial charge in [-0.25, -0.2) is 4.39 Å². The lowest BCUT2D eigenvalue weighted by atomic mass is 10.0. The highest BCUT2D eigenvalue weighted by atomic mass is 19.1.